The van der Waals surface area contributed by atoms with E-state index < -0.39 is 0 Å². The molecule has 9 nitrogen and oxygen atoms in total. The third-order valence-electron chi connectivity index (χ3n) is 4.23. The molecular formula is C21H20N8O. The minimum Gasteiger partial charge on any atom is -0.367 e. The van der Waals surface area contributed by atoms with Crippen LogP contribution >= 0.6 is 0 Å². The van der Waals surface area contributed by atoms with Gasteiger partial charge in [-0.1, -0.05) is 18.2 Å². The zero-order valence-corrected chi connectivity index (χ0v) is 16.3. The van der Waals surface area contributed by atoms with E-state index in [0.29, 0.717) is 36.1 Å². The molecule has 30 heavy (non-hydrogen) atoms. The van der Waals surface area contributed by atoms with Crippen molar-refractivity contribution in [3.63, 3.8) is 0 Å². The molecule has 3 heterocycles. The third-order valence-corrected chi connectivity index (χ3v) is 4.23. The van der Waals surface area contributed by atoms with Crippen LogP contribution in [0.5, 0.6) is 0 Å². The lowest BCUT2D eigenvalue weighted by molar-refractivity contribution is 0.0950. The summed E-state index contributed by atoms with van der Waals surface area (Å²) in [4.78, 5) is 25.1. The van der Waals surface area contributed by atoms with E-state index in [1.807, 2.05) is 43.3 Å². The van der Waals surface area contributed by atoms with Gasteiger partial charge in [0.1, 0.15) is 17.3 Å². The van der Waals surface area contributed by atoms with Gasteiger partial charge in [-0.25, -0.2) is 9.97 Å². The highest BCUT2D eigenvalue weighted by molar-refractivity contribution is 5.93. The zero-order chi connectivity index (χ0) is 20.8. The number of pyridine rings is 1. The smallest absolute Gasteiger partial charge is 0.271 e. The SMILES string of the molecule is Cc1ccc(Nc2ccc(NCCNC(=O)c3cnc4ccccc4n3)nn2)nc1. The molecule has 0 aliphatic carbocycles. The Morgan fingerprint density at radius 1 is 0.833 bits per heavy atom. The van der Waals surface area contributed by atoms with E-state index >= 15 is 0 Å². The van der Waals surface area contributed by atoms with Crippen LogP contribution < -0.4 is 16.0 Å². The van der Waals surface area contributed by atoms with E-state index in [0.717, 1.165) is 11.1 Å². The van der Waals surface area contributed by atoms with Gasteiger partial charge in [-0.05, 0) is 42.8 Å². The molecular weight excluding hydrogens is 380 g/mol. The number of anilines is 3. The summed E-state index contributed by atoms with van der Waals surface area (Å²) in [5, 5.41) is 17.2. The molecule has 0 saturated carbocycles. The first-order valence-corrected chi connectivity index (χ1v) is 9.45. The highest BCUT2D eigenvalue weighted by Gasteiger charge is 2.08. The second kappa shape index (κ2) is 8.91. The van der Waals surface area contributed by atoms with Crippen LogP contribution in [0.3, 0.4) is 0 Å². The second-order valence-corrected chi connectivity index (χ2v) is 6.58. The van der Waals surface area contributed by atoms with Crippen LogP contribution in [0.15, 0.2) is 60.9 Å². The van der Waals surface area contributed by atoms with Crippen LogP contribution in [0.25, 0.3) is 11.0 Å². The molecule has 4 aromatic rings. The number of benzene rings is 1. The van der Waals surface area contributed by atoms with Gasteiger partial charge in [0.25, 0.3) is 5.91 Å². The van der Waals surface area contributed by atoms with Crippen molar-refractivity contribution >= 4 is 34.4 Å². The highest BCUT2D eigenvalue weighted by atomic mass is 16.1. The van der Waals surface area contributed by atoms with Gasteiger partial charge in [-0.2, -0.15) is 0 Å². The molecule has 9 heteroatoms. The van der Waals surface area contributed by atoms with Crippen LogP contribution in [0.1, 0.15) is 16.1 Å². The van der Waals surface area contributed by atoms with Crippen LogP contribution in [-0.4, -0.2) is 44.1 Å². The number of carbonyl (C=O) groups is 1. The van der Waals surface area contributed by atoms with Crippen molar-refractivity contribution < 1.29 is 4.79 Å². The molecule has 3 aromatic heterocycles. The molecule has 4 rings (SSSR count). The number of carbonyl (C=O) groups excluding carboxylic acids is 1. The largest absolute Gasteiger partial charge is 0.367 e. The number of para-hydroxylation sites is 2. The summed E-state index contributed by atoms with van der Waals surface area (Å²) in [6.07, 6.45) is 3.26. The van der Waals surface area contributed by atoms with Crippen LogP contribution in [0.4, 0.5) is 17.5 Å². The molecule has 3 N–H and O–H groups in total. The van der Waals surface area contributed by atoms with E-state index in [-0.39, 0.29) is 11.6 Å². The predicted molar refractivity (Wildman–Crippen MR) is 115 cm³/mol. The fraction of sp³-hybridized carbons (Fsp3) is 0.143. The maximum atomic E-state index is 12.3. The van der Waals surface area contributed by atoms with Gasteiger partial charge < -0.3 is 16.0 Å². The molecule has 0 aliphatic rings. The zero-order valence-electron chi connectivity index (χ0n) is 16.3. The van der Waals surface area contributed by atoms with E-state index in [9.17, 15) is 4.79 Å². The Kier molecular flexibility index (Phi) is 5.70. The van der Waals surface area contributed by atoms with Crippen molar-refractivity contribution in [1.29, 1.82) is 0 Å². The van der Waals surface area contributed by atoms with Gasteiger partial charge in [0, 0.05) is 19.3 Å². The standard InChI is InChI=1S/C21H20N8O/c1-14-6-7-18(25-12-14)27-20-9-8-19(28-29-20)22-10-11-23-21(30)17-13-24-15-4-2-3-5-16(15)26-17/h2-9,12-13H,10-11H2,1H3,(H,22,28)(H,23,30)(H,25,27,29). The highest BCUT2D eigenvalue weighted by Crippen LogP contribution is 2.12. The number of hydrogen-bond acceptors (Lipinski definition) is 8. The lowest BCUT2D eigenvalue weighted by atomic mass is 10.3. The minimum atomic E-state index is -0.272. The van der Waals surface area contributed by atoms with Gasteiger partial charge in [-0.15, -0.1) is 10.2 Å². The quantitative estimate of drug-likeness (QED) is 0.405. The summed E-state index contributed by atoms with van der Waals surface area (Å²) < 4.78 is 0. The van der Waals surface area contributed by atoms with E-state index in [2.05, 4.69) is 41.1 Å². The average molecular weight is 400 g/mol. The van der Waals surface area contributed by atoms with Gasteiger partial charge in [0.15, 0.2) is 5.82 Å². The van der Waals surface area contributed by atoms with E-state index in [1.54, 1.807) is 18.3 Å². The van der Waals surface area contributed by atoms with E-state index in [1.165, 1.54) is 6.20 Å². The normalized spacial score (nSPS) is 10.6. The Balaban J connectivity index is 1.24. The number of fused-ring (bicyclic) bond motifs is 1. The lowest BCUT2D eigenvalue weighted by Crippen LogP contribution is -2.29. The van der Waals surface area contributed by atoms with E-state index in [4.69, 9.17) is 0 Å². The number of hydrogen-bond donors (Lipinski definition) is 3. The maximum absolute atomic E-state index is 12.3. The first-order valence-electron chi connectivity index (χ1n) is 9.45. The Hall–Kier alpha value is -4.14. The Morgan fingerprint density at radius 3 is 2.37 bits per heavy atom. The summed E-state index contributed by atoms with van der Waals surface area (Å²) in [6, 6.07) is 14.9. The monoisotopic (exact) mass is 400 g/mol. The molecule has 1 amide bonds. The average Bonchev–Trinajstić information content (AvgIpc) is 2.79. The second-order valence-electron chi connectivity index (χ2n) is 6.58. The number of amides is 1. The van der Waals surface area contributed by atoms with Crippen molar-refractivity contribution in [2.24, 2.45) is 0 Å². The minimum absolute atomic E-state index is 0.272. The van der Waals surface area contributed by atoms with Crippen LogP contribution in [0, 0.1) is 6.92 Å². The van der Waals surface area contributed by atoms with Crippen LogP contribution in [-0.2, 0) is 0 Å². The van der Waals surface area contributed by atoms with Crippen molar-refractivity contribution in [1.82, 2.24) is 30.5 Å². The Labute approximate surface area is 173 Å². The van der Waals surface area contributed by atoms with Crippen LogP contribution in [0.2, 0.25) is 0 Å². The maximum Gasteiger partial charge on any atom is 0.271 e. The van der Waals surface area contributed by atoms with Crippen molar-refractivity contribution in [2.75, 3.05) is 23.7 Å². The molecule has 0 fully saturated rings. The fourth-order valence-electron chi connectivity index (χ4n) is 2.69. The van der Waals surface area contributed by atoms with Crippen molar-refractivity contribution in [3.05, 3.63) is 72.2 Å². The number of aromatic nitrogens is 5. The summed E-state index contributed by atoms with van der Waals surface area (Å²) in [5.41, 5.74) is 2.82. The summed E-state index contributed by atoms with van der Waals surface area (Å²) >= 11 is 0. The summed E-state index contributed by atoms with van der Waals surface area (Å²) in [5.74, 6) is 1.64. The molecule has 0 spiro atoms. The Morgan fingerprint density at radius 2 is 1.60 bits per heavy atom. The fourth-order valence-corrected chi connectivity index (χ4v) is 2.69. The number of aryl methyl sites for hydroxylation is 1. The molecule has 0 unspecified atom stereocenters. The topological polar surface area (TPSA) is 118 Å². The van der Waals surface area contributed by atoms with Crippen molar-refractivity contribution in [2.45, 2.75) is 6.92 Å². The molecule has 1 aromatic carbocycles. The molecule has 0 aliphatic heterocycles. The van der Waals surface area contributed by atoms with Crippen molar-refractivity contribution in [3.8, 4) is 0 Å². The molecule has 150 valence electrons. The molecule has 0 radical (unpaired) electrons. The Bertz CT molecular complexity index is 1150. The van der Waals surface area contributed by atoms with Gasteiger partial charge in [-0.3, -0.25) is 9.78 Å². The molecule has 0 saturated heterocycles. The lowest BCUT2D eigenvalue weighted by Gasteiger charge is -2.08. The molecule has 0 atom stereocenters. The number of nitrogens with one attached hydrogen (secondary N) is 3. The number of nitrogens with zero attached hydrogens (tertiary/aromatic N) is 5. The first kappa shape index (κ1) is 19.2. The van der Waals surface area contributed by atoms with Gasteiger partial charge >= 0.3 is 0 Å². The summed E-state index contributed by atoms with van der Waals surface area (Å²) in [7, 11) is 0. The summed E-state index contributed by atoms with van der Waals surface area (Å²) in [6.45, 7) is 2.88. The predicted octanol–water partition coefficient (Wildman–Crippen LogP) is 2.71. The third kappa shape index (κ3) is 4.82. The first-order chi connectivity index (χ1) is 14.7. The van der Waals surface area contributed by atoms with Gasteiger partial charge in [0.05, 0.1) is 17.2 Å². The van der Waals surface area contributed by atoms with Gasteiger partial charge in [0.2, 0.25) is 0 Å². The molecule has 0 bridgehead atoms. The number of rotatable bonds is 7.